The van der Waals surface area contributed by atoms with Gasteiger partial charge >= 0.3 is 0 Å². The minimum absolute atomic E-state index is 0.133. The summed E-state index contributed by atoms with van der Waals surface area (Å²) in [6.07, 6.45) is 0. The van der Waals surface area contributed by atoms with Gasteiger partial charge in [0.1, 0.15) is 11.5 Å². The molecule has 19 heavy (non-hydrogen) atoms. The van der Waals surface area contributed by atoms with Crippen molar-refractivity contribution in [3.05, 3.63) is 23.3 Å². The van der Waals surface area contributed by atoms with Gasteiger partial charge in [-0.3, -0.25) is 0 Å². The van der Waals surface area contributed by atoms with E-state index in [1.165, 1.54) is 11.1 Å². The summed E-state index contributed by atoms with van der Waals surface area (Å²) in [6, 6.07) is 4.30. The lowest BCUT2D eigenvalue weighted by molar-refractivity contribution is 0.245. The molecule has 3 nitrogen and oxygen atoms in total. The highest BCUT2D eigenvalue weighted by atomic mass is 16.5. The molecule has 0 bridgehead atoms. The highest BCUT2D eigenvalue weighted by Crippen LogP contribution is 2.47. The average Bonchev–Trinajstić information content (AvgIpc) is 2.36. The lowest BCUT2D eigenvalue weighted by Gasteiger charge is -2.40. The van der Waals surface area contributed by atoms with E-state index in [0.717, 1.165) is 18.0 Å². The van der Waals surface area contributed by atoms with Crippen LogP contribution < -0.4 is 14.8 Å². The van der Waals surface area contributed by atoms with Gasteiger partial charge in [-0.15, -0.1) is 0 Å². The molecule has 106 valence electrons. The van der Waals surface area contributed by atoms with Gasteiger partial charge in [-0.05, 0) is 23.5 Å². The minimum atomic E-state index is 0.133. The minimum Gasteiger partial charge on any atom is -0.496 e. The zero-order valence-corrected chi connectivity index (χ0v) is 12.8. The maximum absolute atomic E-state index is 5.59. The fourth-order valence-corrected chi connectivity index (χ4v) is 3.00. The summed E-state index contributed by atoms with van der Waals surface area (Å²) in [5.74, 6) is 2.35. The lowest BCUT2D eigenvalue weighted by Crippen LogP contribution is -2.39. The Kier molecular flexibility index (Phi) is 3.77. The molecule has 1 N–H and O–H groups in total. The second-order valence-electron chi connectivity index (χ2n) is 6.41. The van der Waals surface area contributed by atoms with Crippen LogP contribution in [0.4, 0.5) is 0 Å². The lowest BCUT2D eigenvalue weighted by atomic mass is 9.75. The molecule has 2 atom stereocenters. The van der Waals surface area contributed by atoms with Gasteiger partial charge in [0.05, 0.1) is 14.2 Å². The van der Waals surface area contributed by atoms with Gasteiger partial charge in [0, 0.05) is 23.7 Å². The number of ether oxygens (including phenoxy) is 2. The van der Waals surface area contributed by atoms with Crippen LogP contribution in [0, 0.1) is 5.41 Å². The first-order valence-electron chi connectivity index (χ1n) is 6.88. The number of rotatable bonds is 2. The number of hydrogen-bond acceptors (Lipinski definition) is 3. The quantitative estimate of drug-likeness (QED) is 0.886. The Hall–Kier alpha value is -1.22. The molecule has 0 saturated heterocycles. The van der Waals surface area contributed by atoms with E-state index in [1.54, 1.807) is 14.2 Å². The Morgan fingerprint density at radius 3 is 2.05 bits per heavy atom. The highest BCUT2D eigenvalue weighted by molar-refractivity contribution is 5.54. The summed E-state index contributed by atoms with van der Waals surface area (Å²) < 4.78 is 11.2. The van der Waals surface area contributed by atoms with Gasteiger partial charge in [-0.2, -0.15) is 0 Å². The molecule has 0 spiro atoms. The van der Waals surface area contributed by atoms with E-state index in [-0.39, 0.29) is 11.5 Å². The predicted octanol–water partition coefficient (Wildman–Crippen LogP) is 3.50. The number of methoxy groups -OCH3 is 2. The van der Waals surface area contributed by atoms with Crippen molar-refractivity contribution in [2.75, 3.05) is 20.8 Å². The van der Waals surface area contributed by atoms with E-state index < -0.39 is 0 Å². The molecule has 2 unspecified atom stereocenters. The third kappa shape index (κ3) is 2.44. The van der Waals surface area contributed by atoms with Crippen molar-refractivity contribution < 1.29 is 9.47 Å². The first-order valence-corrected chi connectivity index (χ1v) is 6.88. The molecular formula is C16H25NO2. The van der Waals surface area contributed by atoms with Crippen LogP contribution >= 0.6 is 0 Å². The maximum atomic E-state index is 5.59. The smallest absolute Gasteiger partial charge is 0.124 e. The van der Waals surface area contributed by atoms with Crippen LogP contribution in [-0.2, 0) is 0 Å². The number of benzene rings is 1. The molecule has 0 saturated carbocycles. The summed E-state index contributed by atoms with van der Waals surface area (Å²) in [7, 11) is 3.48. The second-order valence-corrected chi connectivity index (χ2v) is 6.41. The van der Waals surface area contributed by atoms with E-state index in [4.69, 9.17) is 9.47 Å². The molecule has 0 aliphatic carbocycles. The van der Waals surface area contributed by atoms with Crippen LogP contribution in [0.1, 0.15) is 50.8 Å². The molecule has 1 aromatic carbocycles. The van der Waals surface area contributed by atoms with Gasteiger partial charge < -0.3 is 14.8 Å². The van der Waals surface area contributed by atoms with Gasteiger partial charge in [-0.1, -0.05) is 27.7 Å². The Bertz CT molecular complexity index is 463. The molecule has 1 aliphatic rings. The summed E-state index contributed by atoms with van der Waals surface area (Å²) in [5, 5.41) is 3.66. The number of hydrogen-bond donors (Lipinski definition) is 1. The molecule has 0 amide bonds. The van der Waals surface area contributed by atoms with Crippen LogP contribution in [0.25, 0.3) is 0 Å². The van der Waals surface area contributed by atoms with E-state index in [0.29, 0.717) is 5.92 Å². The molecule has 1 heterocycles. The molecule has 0 aromatic heterocycles. The third-order valence-corrected chi connectivity index (χ3v) is 3.92. The molecule has 2 rings (SSSR count). The Labute approximate surface area is 116 Å². The van der Waals surface area contributed by atoms with Crippen LogP contribution in [0.2, 0.25) is 0 Å². The van der Waals surface area contributed by atoms with Crippen molar-refractivity contribution in [3.63, 3.8) is 0 Å². The molecular weight excluding hydrogens is 238 g/mol. The summed E-state index contributed by atoms with van der Waals surface area (Å²) in [4.78, 5) is 0. The SMILES string of the molecule is COc1ccc(OC)c2c1C(C)CNC2C(C)(C)C. The average molecular weight is 263 g/mol. The fourth-order valence-electron chi connectivity index (χ4n) is 3.00. The van der Waals surface area contributed by atoms with Crippen molar-refractivity contribution in [1.82, 2.24) is 5.32 Å². The Balaban J connectivity index is 2.66. The first kappa shape index (κ1) is 14.2. The highest BCUT2D eigenvalue weighted by Gasteiger charge is 2.36. The molecule has 0 fully saturated rings. The van der Waals surface area contributed by atoms with E-state index >= 15 is 0 Å². The third-order valence-electron chi connectivity index (χ3n) is 3.92. The van der Waals surface area contributed by atoms with E-state index in [2.05, 4.69) is 33.0 Å². The molecule has 1 aliphatic heterocycles. The molecule has 1 aromatic rings. The zero-order valence-electron chi connectivity index (χ0n) is 12.8. The van der Waals surface area contributed by atoms with Crippen LogP contribution in [0.5, 0.6) is 11.5 Å². The largest absolute Gasteiger partial charge is 0.496 e. The van der Waals surface area contributed by atoms with Crippen LogP contribution in [-0.4, -0.2) is 20.8 Å². The van der Waals surface area contributed by atoms with Crippen molar-refractivity contribution >= 4 is 0 Å². The summed E-state index contributed by atoms with van der Waals surface area (Å²) in [5.41, 5.74) is 2.68. The van der Waals surface area contributed by atoms with Crippen molar-refractivity contribution in [2.24, 2.45) is 5.41 Å². The maximum Gasteiger partial charge on any atom is 0.124 e. The topological polar surface area (TPSA) is 30.5 Å². The second kappa shape index (κ2) is 5.04. The predicted molar refractivity (Wildman–Crippen MR) is 78.2 cm³/mol. The van der Waals surface area contributed by atoms with Gasteiger partial charge in [0.25, 0.3) is 0 Å². The normalized spacial score (nSPS) is 22.8. The van der Waals surface area contributed by atoms with Crippen molar-refractivity contribution in [1.29, 1.82) is 0 Å². The monoisotopic (exact) mass is 263 g/mol. The Morgan fingerprint density at radius 1 is 1.05 bits per heavy atom. The van der Waals surface area contributed by atoms with Crippen molar-refractivity contribution in [3.8, 4) is 11.5 Å². The van der Waals surface area contributed by atoms with Gasteiger partial charge in [0.15, 0.2) is 0 Å². The standard InChI is InChI=1S/C16H25NO2/c1-10-9-17-15(16(2,3)4)14-12(19-6)8-7-11(18-5)13(10)14/h7-8,10,15,17H,9H2,1-6H3. The fraction of sp³-hybridized carbons (Fsp3) is 0.625. The van der Waals surface area contributed by atoms with Crippen LogP contribution in [0.3, 0.4) is 0 Å². The van der Waals surface area contributed by atoms with Crippen LogP contribution in [0.15, 0.2) is 12.1 Å². The van der Waals surface area contributed by atoms with Crippen molar-refractivity contribution in [2.45, 2.75) is 39.7 Å². The summed E-state index contributed by atoms with van der Waals surface area (Å²) >= 11 is 0. The van der Waals surface area contributed by atoms with E-state index in [9.17, 15) is 0 Å². The van der Waals surface area contributed by atoms with E-state index in [1.807, 2.05) is 12.1 Å². The molecule has 3 heteroatoms. The zero-order chi connectivity index (χ0) is 14.2. The number of fused-ring (bicyclic) bond motifs is 1. The first-order chi connectivity index (χ1) is 8.90. The number of nitrogens with one attached hydrogen (secondary N) is 1. The summed E-state index contributed by atoms with van der Waals surface area (Å²) in [6.45, 7) is 9.96. The van der Waals surface area contributed by atoms with Gasteiger partial charge in [0.2, 0.25) is 0 Å². The Morgan fingerprint density at radius 2 is 1.58 bits per heavy atom. The molecule has 0 radical (unpaired) electrons. The van der Waals surface area contributed by atoms with Gasteiger partial charge in [-0.25, -0.2) is 0 Å².